The molecule has 1 aliphatic heterocycles. The molecule has 0 saturated heterocycles. The van der Waals surface area contributed by atoms with E-state index in [1.165, 1.54) is 5.39 Å². The number of hydrogen-bond acceptors (Lipinski definition) is 1. The molecule has 22 unspecified atom stereocenters. The topological polar surface area (TPSA) is 0 Å². The molecule has 71 heavy (non-hydrogen) atoms. The fourth-order valence-electron chi connectivity index (χ4n) is 32.5. The molecule has 1 saturated carbocycles. The molecule has 0 radical (unpaired) electrons. The summed E-state index contributed by atoms with van der Waals surface area (Å²) in [7, 11) is 0. The molecule has 0 nitrogen and oxygen atoms in total. The molecule has 1 fully saturated rings. The van der Waals surface area contributed by atoms with Gasteiger partial charge in [0.05, 0.1) is 4.75 Å². The monoisotopic (exact) mass is 898 g/mol. The normalized spacial score (nSPS) is 47.5. The summed E-state index contributed by atoms with van der Waals surface area (Å²) in [6.07, 6.45) is 0. The molecule has 0 aromatic heterocycles. The minimum atomic E-state index is 0.00454. The zero-order valence-corrected chi connectivity index (χ0v) is 38.2. The van der Waals surface area contributed by atoms with E-state index in [2.05, 4.69) is 59.3 Å². The highest BCUT2D eigenvalue weighted by molar-refractivity contribution is 8.01. The Balaban J connectivity index is 1.01. The van der Waals surface area contributed by atoms with E-state index >= 15 is 0 Å². The van der Waals surface area contributed by atoms with Crippen LogP contribution in [0.15, 0.2) is 41.3 Å². The van der Waals surface area contributed by atoms with E-state index in [1.54, 1.807) is 10.3 Å². The Bertz CT molecular complexity index is 5740. The molecule has 12 aromatic rings. The summed E-state index contributed by atoms with van der Waals surface area (Å²) >= 11 is 2.59. The summed E-state index contributed by atoms with van der Waals surface area (Å²) in [5.74, 6) is 13.2. The fourth-order valence-corrected chi connectivity index (χ4v) is 34.7. The van der Waals surface area contributed by atoms with Gasteiger partial charge in [-0.3, -0.25) is 0 Å². The summed E-state index contributed by atoms with van der Waals surface area (Å²) < 4.78 is 0.0347. The zero-order chi connectivity index (χ0) is 41.7. The second-order valence-electron chi connectivity index (χ2n) is 29.8. The van der Waals surface area contributed by atoms with Crippen LogP contribution in [0.4, 0.5) is 0 Å². The average Bonchev–Trinajstić information content (AvgIpc) is 4.34. The van der Waals surface area contributed by atoms with Crippen LogP contribution in [0, 0.1) is 11.8 Å². The van der Waals surface area contributed by atoms with Gasteiger partial charge in [-0.05, 0) is 343 Å². The van der Waals surface area contributed by atoms with Gasteiger partial charge in [0.15, 0.2) is 0 Å². The van der Waals surface area contributed by atoms with E-state index in [1.807, 2.05) is 203 Å². The number of benzene rings is 11. The molecule has 22 aliphatic carbocycles. The van der Waals surface area contributed by atoms with Gasteiger partial charge in [-0.2, -0.15) is 0 Å². The Labute approximate surface area is 404 Å². The van der Waals surface area contributed by atoms with Crippen molar-refractivity contribution < 1.29 is 0 Å². The van der Waals surface area contributed by atoms with Crippen LogP contribution in [0.25, 0.3) is 108 Å². The smallest absolute Gasteiger partial charge is 0.0645 e. The molecule has 35 rings (SSSR count). The number of fused-ring (bicyclic) bond motifs is 3. The van der Waals surface area contributed by atoms with Crippen LogP contribution in [-0.2, 0) is 10.2 Å². The van der Waals surface area contributed by atoms with Gasteiger partial charge in [0, 0.05) is 10.3 Å². The van der Waals surface area contributed by atoms with Crippen molar-refractivity contribution in [1.82, 2.24) is 0 Å². The van der Waals surface area contributed by atoms with Crippen LogP contribution in [0.5, 0.6) is 0 Å². The minimum Gasteiger partial charge on any atom is -0.112 e. The van der Waals surface area contributed by atoms with Gasteiger partial charge < -0.3 is 0 Å². The van der Waals surface area contributed by atoms with Crippen LogP contribution < -0.4 is 0 Å². The standard InChI is InChI=1S/C70H26S/c1-2-4-8-7(3-1)5-6-9-68(8)71-70-66-60-54-44-32-24-16-12-10-11-14-18(16)26(32)36-30-22(14)23-15(11)19-17-13(10)21-20(12)28-34(24)42-48-38(28)39-29(21)35-25(17)33-27(19)37-31(23)41-40(30)52(46(36)54)62(66)63-53(41)47(37)55-45(33)51-43(35)49(39)57-56(48)64(58(60)50(42)44)69(9,70)65(57)59(51)61(55)67(63)70/h1-6,12,14,16,18,20,22,28,30,38-41,49,53,57,59,61,63,65,67H. The predicted molar refractivity (Wildman–Crippen MR) is 274 cm³/mol. The average molecular weight is 899 g/mol. The van der Waals surface area contributed by atoms with Crippen LogP contribution in [0.3, 0.4) is 0 Å². The minimum absolute atomic E-state index is 0.00454. The third-order valence-electron chi connectivity index (χ3n) is 31.1. The molecule has 1 heterocycles. The lowest BCUT2D eigenvalue weighted by atomic mass is 9.39. The van der Waals surface area contributed by atoms with E-state index in [0.29, 0.717) is 118 Å². The summed E-state index contributed by atoms with van der Waals surface area (Å²) in [6.45, 7) is 0. The number of thioether (sulfide) groups is 1. The highest BCUT2D eigenvalue weighted by atomic mass is 32.2. The first-order valence-corrected chi connectivity index (χ1v) is 29.7. The Morgan fingerprint density at radius 3 is 1.11 bits per heavy atom. The van der Waals surface area contributed by atoms with Crippen LogP contribution >= 0.6 is 11.8 Å². The molecule has 2 spiro atoms. The largest absolute Gasteiger partial charge is 0.112 e. The van der Waals surface area contributed by atoms with Crippen molar-refractivity contribution in [1.29, 1.82) is 0 Å². The Morgan fingerprint density at radius 2 is 0.620 bits per heavy atom. The van der Waals surface area contributed by atoms with Gasteiger partial charge in [-0.1, -0.05) is 36.4 Å². The Hall–Kier alpha value is -5.89. The molecule has 312 valence electrons. The third-order valence-corrected chi connectivity index (χ3v) is 32.9. The van der Waals surface area contributed by atoms with Crippen molar-refractivity contribution in [3.63, 3.8) is 0 Å². The molecule has 0 bridgehead atoms. The summed E-state index contributed by atoms with van der Waals surface area (Å²) in [4.78, 5) is 1.74. The lowest BCUT2D eigenvalue weighted by Crippen LogP contribution is -2.62. The molecule has 1 heteroatoms. The van der Waals surface area contributed by atoms with Crippen LogP contribution in [-0.4, -0.2) is 0 Å². The van der Waals surface area contributed by atoms with Gasteiger partial charge in [0.2, 0.25) is 0 Å². The summed E-state index contributed by atoms with van der Waals surface area (Å²) in [5, 5.41) is 33.8. The Morgan fingerprint density at radius 1 is 0.282 bits per heavy atom. The molecule has 12 aromatic carbocycles. The number of rotatable bonds is 0. The van der Waals surface area contributed by atoms with Gasteiger partial charge in [-0.15, -0.1) is 11.8 Å². The lowest BCUT2D eigenvalue weighted by Gasteiger charge is -2.65. The van der Waals surface area contributed by atoms with Crippen molar-refractivity contribution in [2.24, 2.45) is 11.8 Å². The molecule has 22 atom stereocenters. The molecular formula is C70H26S. The van der Waals surface area contributed by atoms with E-state index < -0.39 is 0 Å². The summed E-state index contributed by atoms with van der Waals surface area (Å²) in [6, 6.07) is 15.4. The number of hydrogen-bond donors (Lipinski definition) is 0. The van der Waals surface area contributed by atoms with E-state index in [0.717, 1.165) is 0 Å². The predicted octanol–water partition coefficient (Wildman–Crippen LogP) is 15.7. The van der Waals surface area contributed by atoms with E-state index in [9.17, 15) is 0 Å². The molecular weight excluding hydrogens is 873 g/mol. The van der Waals surface area contributed by atoms with Crippen molar-refractivity contribution in [3.05, 3.63) is 153 Å². The van der Waals surface area contributed by atoms with Crippen molar-refractivity contribution in [3.8, 4) is 11.1 Å². The van der Waals surface area contributed by atoms with Gasteiger partial charge >= 0.3 is 0 Å². The first kappa shape index (κ1) is 27.8. The van der Waals surface area contributed by atoms with Crippen molar-refractivity contribution >= 4 is 109 Å². The van der Waals surface area contributed by atoms with E-state index in [-0.39, 0.29) is 10.2 Å². The maximum atomic E-state index is 2.86. The molecule has 0 amide bonds. The first-order valence-electron chi connectivity index (χ1n) is 28.8. The fraction of sp³-hybridized carbons (Fsp3) is 0.314. The Kier molecular flexibility index (Phi) is 2.52. The summed E-state index contributed by atoms with van der Waals surface area (Å²) in [5.41, 5.74) is 46.3. The van der Waals surface area contributed by atoms with Crippen molar-refractivity contribution in [2.45, 2.75) is 122 Å². The van der Waals surface area contributed by atoms with Gasteiger partial charge in [0.1, 0.15) is 0 Å². The lowest BCUT2D eigenvalue weighted by molar-refractivity contribution is 0.0342. The first-order chi connectivity index (χ1) is 35.4. The highest BCUT2D eigenvalue weighted by Crippen LogP contribution is 3.01. The maximum absolute atomic E-state index is 2.86. The molecule has 23 aliphatic rings. The highest BCUT2D eigenvalue weighted by Gasteiger charge is 2.89. The van der Waals surface area contributed by atoms with Gasteiger partial charge in [0.25, 0.3) is 0 Å². The van der Waals surface area contributed by atoms with E-state index in [4.69, 9.17) is 0 Å². The zero-order valence-electron chi connectivity index (χ0n) is 37.4. The molecule has 0 N–H and O–H groups in total. The van der Waals surface area contributed by atoms with Crippen LogP contribution in [0.2, 0.25) is 0 Å². The second-order valence-corrected chi connectivity index (χ2v) is 31.0. The second kappa shape index (κ2) is 6.44. The maximum Gasteiger partial charge on any atom is 0.0645 e. The third kappa shape index (κ3) is 1.53. The van der Waals surface area contributed by atoms with Crippen LogP contribution in [0.1, 0.15) is 223 Å². The van der Waals surface area contributed by atoms with Gasteiger partial charge in [-0.25, -0.2) is 0 Å². The quantitative estimate of drug-likeness (QED) is 0.137. The van der Waals surface area contributed by atoms with Crippen molar-refractivity contribution in [2.75, 3.05) is 0 Å². The SMILES string of the molecule is c1ccc2c3c(ccc2c1)C12c4c5c6c7c8c9c%10c%11c%12c%13c%14c%15c(c%16c%13c%10c7c4-%16)C1(S3)C1C%15C3c4c7c%10c%13c%15c%16c%17c%18c%19c%20c%21c%22c%23c(c4c4c%22c%19c%16c%104)C3C%14C%12C%23C%21C%11C9C%20C%18C8C6C%17C%15C5C2C%13C71.